The van der Waals surface area contributed by atoms with Crippen LogP contribution in [0.3, 0.4) is 0 Å². The Morgan fingerprint density at radius 2 is 1.88 bits per heavy atom. The predicted octanol–water partition coefficient (Wildman–Crippen LogP) is 4.31. The van der Waals surface area contributed by atoms with Crippen molar-refractivity contribution in [3.63, 3.8) is 0 Å². The number of halogens is 1. The molecular weight excluding hydrogens is 354 g/mol. The molecule has 2 aromatic carbocycles. The van der Waals surface area contributed by atoms with Crippen LogP contribution in [0.2, 0.25) is 5.02 Å². The van der Waals surface area contributed by atoms with Crippen LogP contribution in [0.1, 0.15) is 16.1 Å². The molecule has 0 saturated carbocycles. The average Bonchev–Trinajstić information content (AvgIpc) is 3.01. The van der Waals surface area contributed by atoms with Gasteiger partial charge in [0.15, 0.2) is 11.5 Å². The molecule has 1 amide bonds. The van der Waals surface area contributed by atoms with Gasteiger partial charge in [0, 0.05) is 16.1 Å². The van der Waals surface area contributed by atoms with Gasteiger partial charge in [-0.25, -0.2) is 0 Å². The van der Waals surface area contributed by atoms with Crippen molar-refractivity contribution in [1.29, 1.82) is 0 Å². The Morgan fingerprint density at radius 3 is 2.58 bits per heavy atom. The number of carbonyl (C=O) groups excluding carboxylic acids is 1. The summed E-state index contributed by atoms with van der Waals surface area (Å²) in [4.78, 5) is 12.7. The summed E-state index contributed by atoms with van der Waals surface area (Å²) in [5, 5.41) is 10.7. The summed E-state index contributed by atoms with van der Waals surface area (Å²) in [5.41, 5.74) is 3.23. The molecule has 0 aliphatic carbocycles. The van der Waals surface area contributed by atoms with E-state index in [9.17, 15) is 4.79 Å². The number of benzene rings is 2. The minimum absolute atomic E-state index is 0.279. The van der Waals surface area contributed by atoms with E-state index >= 15 is 0 Å². The zero-order valence-corrected chi connectivity index (χ0v) is 15.3. The summed E-state index contributed by atoms with van der Waals surface area (Å²) in [6, 6.07) is 12.3. The molecule has 2 N–H and O–H groups in total. The first-order chi connectivity index (χ1) is 12.5. The predicted molar refractivity (Wildman–Crippen MR) is 101 cm³/mol. The lowest BCUT2D eigenvalue weighted by molar-refractivity contribution is 0.102. The maximum atomic E-state index is 12.7. The average molecular weight is 372 g/mol. The molecule has 0 fully saturated rings. The fourth-order valence-electron chi connectivity index (χ4n) is 2.59. The second kappa shape index (κ2) is 7.49. The first-order valence-corrected chi connectivity index (χ1v) is 8.25. The van der Waals surface area contributed by atoms with Crippen LogP contribution in [-0.4, -0.2) is 30.3 Å². The van der Waals surface area contributed by atoms with E-state index in [0.29, 0.717) is 33.5 Å². The van der Waals surface area contributed by atoms with Crippen LogP contribution in [0.25, 0.3) is 11.3 Å². The van der Waals surface area contributed by atoms with E-state index in [4.69, 9.17) is 21.1 Å². The molecule has 0 spiro atoms. The fourth-order valence-corrected chi connectivity index (χ4v) is 2.78. The van der Waals surface area contributed by atoms with Crippen molar-refractivity contribution in [1.82, 2.24) is 10.2 Å². The van der Waals surface area contributed by atoms with Crippen LogP contribution in [0.4, 0.5) is 5.69 Å². The first-order valence-electron chi connectivity index (χ1n) is 7.87. The summed E-state index contributed by atoms with van der Waals surface area (Å²) in [6.07, 6.45) is 0. The van der Waals surface area contributed by atoms with Crippen LogP contribution < -0.4 is 14.8 Å². The summed E-state index contributed by atoms with van der Waals surface area (Å²) in [7, 11) is 3.07. The molecule has 0 unspecified atom stereocenters. The van der Waals surface area contributed by atoms with Crippen LogP contribution >= 0.6 is 11.6 Å². The zero-order valence-electron chi connectivity index (χ0n) is 14.6. The summed E-state index contributed by atoms with van der Waals surface area (Å²) in [5.74, 6) is 0.765. The number of methoxy groups -OCH3 is 2. The maximum absolute atomic E-state index is 12.7. The van der Waals surface area contributed by atoms with Crippen molar-refractivity contribution >= 4 is 23.2 Å². The lowest BCUT2D eigenvalue weighted by Crippen LogP contribution is -2.13. The molecule has 0 atom stereocenters. The van der Waals surface area contributed by atoms with E-state index in [0.717, 1.165) is 11.3 Å². The number of amides is 1. The number of anilines is 1. The highest BCUT2D eigenvalue weighted by Gasteiger charge is 2.17. The van der Waals surface area contributed by atoms with Gasteiger partial charge in [-0.2, -0.15) is 5.10 Å². The molecule has 26 heavy (non-hydrogen) atoms. The number of nitrogens with zero attached hydrogens (tertiary/aromatic N) is 1. The number of aromatic amines is 1. The van der Waals surface area contributed by atoms with Crippen LogP contribution in [0.15, 0.2) is 42.5 Å². The van der Waals surface area contributed by atoms with E-state index in [1.165, 1.54) is 7.11 Å². The Bertz CT molecular complexity index is 953. The van der Waals surface area contributed by atoms with Gasteiger partial charge >= 0.3 is 0 Å². The largest absolute Gasteiger partial charge is 0.493 e. The lowest BCUT2D eigenvalue weighted by atomic mass is 10.1. The van der Waals surface area contributed by atoms with E-state index in [1.54, 1.807) is 37.4 Å². The minimum Gasteiger partial charge on any atom is -0.493 e. The fraction of sp³-hybridized carbons (Fsp3) is 0.158. The number of hydrogen-bond donors (Lipinski definition) is 2. The van der Waals surface area contributed by atoms with E-state index in [1.807, 2.05) is 19.1 Å². The third-order valence-electron chi connectivity index (χ3n) is 3.93. The van der Waals surface area contributed by atoms with Gasteiger partial charge in [0.25, 0.3) is 5.91 Å². The van der Waals surface area contributed by atoms with Crippen molar-refractivity contribution in [2.24, 2.45) is 0 Å². The Morgan fingerprint density at radius 1 is 1.12 bits per heavy atom. The highest BCUT2D eigenvalue weighted by Crippen LogP contribution is 2.31. The maximum Gasteiger partial charge on any atom is 0.255 e. The van der Waals surface area contributed by atoms with Crippen molar-refractivity contribution in [2.75, 3.05) is 19.5 Å². The van der Waals surface area contributed by atoms with Gasteiger partial charge in [0.2, 0.25) is 0 Å². The third kappa shape index (κ3) is 3.50. The molecule has 7 heteroatoms. The van der Waals surface area contributed by atoms with Gasteiger partial charge in [0.05, 0.1) is 25.6 Å². The van der Waals surface area contributed by atoms with Gasteiger partial charge < -0.3 is 14.8 Å². The second-order valence-electron chi connectivity index (χ2n) is 5.61. The Balaban J connectivity index is 1.92. The Kier molecular flexibility index (Phi) is 5.14. The SMILES string of the molecule is COc1ccc(C(=O)Nc2c(-c3cccc(Cl)c3)n[nH]c2C)cc1OC. The van der Waals surface area contributed by atoms with Gasteiger partial charge in [0.1, 0.15) is 5.69 Å². The van der Waals surface area contributed by atoms with Crippen molar-refractivity contribution in [3.8, 4) is 22.8 Å². The quantitative estimate of drug-likeness (QED) is 0.700. The monoisotopic (exact) mass is 371 g/mol. The molecule has 1 heterocycles. The second-order valence-corrected chi connectivity index (χ2v) is 6.04. The highest BCUT2D eigenvalue weighted by atomic mass is 35.5. The molecule has 3 rings (SSSR count). The summed E-state index contributed by atoms with van der Waals surface area (Å²) < 4.78 is 10.5. The molecule has 3 aromatic rings. The van der Waals surface area contributed by atoms with Crippen molar-refractivity contribution < 1.29 is 14.3 Å². The smallest absolute Gasteiger partial charge is 0.255 e. The summed E-state index contributed by atoms with van der Waals surface area (Å²) >= 11 is 6.07. The third-order valence-corrected chi connectivity index (χ3v) is 4.16. The van der Waals surface area contributed by atoms with Gasteiger partial charge in [-0.3, -0.25) is 9.89 Å². The molecular formula is C19H18ClN3O3. The van der Waals surface area contributed by atoms with Crippen LogP contribution in [-0.2, 0) is 0 Å². The van der Waals surface area contributed by atoms with E-state index in [2.05, 4.69) is 15.5 Å². The normalized spacial score (nSPS) is 10.5. The molecule has 0 aliphatic heterocycles. The van der Waals surface area contributed by atoms with Gasteiger partial charge in [-0.1, -0.05) is 23.7 Å². The molecule has 134 valence electrons. The zero-order chi connectivity index (χ0) is 18.7. The standard InChI is InChI=1S/C19H18ClN3O3/c1-11-17(18(23-22-11)12-5-4-6-14(20)9-12)21-19(24)13-7-8-15(25-2)16(10-13)26-3/h4-10H,1-3H3,(H,21,24)(H,22,23). The Labute approximate surface area is 156 Å². The minimum atomic E-state index is -0.279. The van der Waals surface area contributed by atoms with Crippen molar-refractivity contribution in [3.05, 3.63) is 58.7 Å². The summed E-state index contributed by atoms with van der Waals surface area (Å²) in [6.45, 7) is 1.84. The number of nitrogens with one attached hydrogen (secondary N) is 2. The molecule has 0 aliphatic rings. The number of aryl methyl sites for hydroxylation is 1. The van der Waals surface area contributed by atoms with Crippen molar-refractivity contribution in [2.45, 2.75) is 6.92 Å². The number of rotatable bonds is 5. The number of hydrogen-bond acceptors (Lipinski definition) is 4. The molecule has 0 bridgehead atoms. The van der Waals surface area contributed by atoms with Gasteiger partial charge in [-0.05, 0) is 37.3 Å². The van der Waals surface area contributed by atoms with E-state index < -0.39 is 0 Å². The number of aromatic nitrogens is 2. The molecule has 1 aromatic heterocycles. The van der Waals surface area contributed by atoms with E-state index in [-0.39, 0.29) is 5.91 Å². The molecule has 6 nitrogen and oxygen atoms in total. The lowest BCUT2D eigenvalue weighted by Gasteiger charge is -2.11. The number of ether oxygens (including phenoxy) is 2. The molecule has 0 saturated heterocycles. The van der Waals surface area contributed by atoms with Gasteiger partial charge in [-0.15, -0.1) is 0 Å². The molecule has 0 radical (unpaired) electrons. The van der Waals surface area contributed by atoms with Crippen LogP contribution in [0.5, 0.6) is 11.5 Å². The highest BCUT2D eigenvalue weighted by molar-refractivity contribution is 6.30. The van der Waals surface area contributed by atoms with Crippen LogP contribution in [0, 0.1) is 6.92 Å². The number of H-pyrrole nitrogens is 1. The Hall–Kier alpha value is -2.99. The topological polar surface area (TPSA) is 76.2 Å². The first kappa shape index (κ1) is 17.8. The number of carbonyl (C=O) groups is 1.